The highest BCUT2D eigenvalue weighted by atomic mass is 16.3. The molecule has 0 aliphatic carbocycles. The van der Waals surface area contributed by atoms with Crippen molar-refractivity contribution in [2.75, 3.05) is 0 Å². The summed E-state index contributed by atoms with van der Waals surface area (Å²) in [6, 6.07) is 2.03. The lowest BCUT2D eigenvalue weighted by Gasteiger charge is -2.06. The summed E-state index contributed by atoms with van der Waals surface area (Å²) in [4.78, 5) is 0. The fourth-order valence-corrected chi connectivity index (χ4v) is 2.09. The Bertz CT molecular complexity index is 481. The van der Waals surface area contributed by atoms with E-state index >= 15 is 0 Å². The van der Waals surface area contributed by atoms with Crippen molar-refractivity contribution in [2.24, 2.45) is 0 Å². The van der Waals surface area contributed by atoms with Gasteiger partial charge in [0.2, 0.25) is 0 Å². The van der Waals surface area contributed by atoms with E-state index in [2.05, 4.69) is 10.2 Å². The molecule has 1 N–H and O–H groups in total. The zero-order valence-electron chi connectivity index (χ0n) is 9.98. The molecule has 0 saturated heterocycles. The predicted molar refractivity (Wildman–Crippen MR) is 63.0 cm³/mol. The smallest absolute Gasteiger partial charge is 0.178 e. The van der Waals surface area contributed by atoms with Crippen LogP contribution in [0.2, 0.25) is 0 Å². The normalized spacial score (nSPS) is 16.7. The lowest BCUT2D eigenvalue weighted by molar-refractivity contribution is 0.397. The van der Waals surface area contributed by atoms with Crippen LogP contribution in [-0.2, 0) is 13.0 Å². The highest BCUT2D eigenvalue weighted by Crippen LogP contribution is 2.21. The number of nitriles is 1. The monoisotopic (exact) mass is 232 g/mol. The van der Waals surface area contributed by atoms with E-state index in [1.165, 1.54) is 6.42 Å². The summed E-state index contributed by atoms with van der Waals surface area (Å²) in [5, 5.41) is 27.0. The molecule has 0 amide bonds. The number of allylic oxidation sites excluding steroid dienone is 2. The molecule has 0 saturated carbocycles. The van der Waals surface area contributed by atoms with Gasteiger partial charge in [0.1, 0.15) is 23.2 Å². The number of rotatable bonds is 2. The molecule has 1 aromatic heterocycles. The number of aliphatic hydroxyl groups excluding tert-OH is 1. The summed E-state index contributed by atoms with van der Waals surface area (Å²) in [5.74, 6) is 1.53. The van der Waals surface area contributed by atoms with E-state index in [-0.39, 0.29) is 11.3 Å². The zero-order valence-corrected chi connectivity index (χ0v) is 9.98. The summed E-state index contributed by atoms with van der Waals surface area (Å²) in [6.45, 7) is 2.65. The Hall–Kier alpha value is -1.83. The van der Waals surface area contributed by atoms with Crippen LogP contribution in [-0.4, -0.2) is 19.9 Å². The fourth-order valence-electron chi connectivity index (χ4n) is 2.09. The SMILES string of the molecule is CC/C(O)=C(/C#N)c1nnc2n1CCCCC2. The Morgan fingerprint density at radius 3 is 2.94 bits per heavy atom. The Kier molecular flexibility index (Phi) is 3.43. The van der Waals surface area contributed by atoms with E-state index in [4.69, 9.17) is 5.26 Å². The lowest BCUT2D eigenvalue weighted by Crippen LogP contribution is -2.06. The minimum Gasteiger partial charge on any atom is -0.511 e. The second-order valence-corrected chi connectivity index (χ2v) is 4.19. The Morgan fingerprint density at radius 1 is 1.41 bits per heavy atom. The molecule has 0 unspecified atom stereocenters. The van der Waals surface area contributed by atoms with Crippen molar-refractivity contribution >= 4 is 5.57 Å². The van der Waals surface area contributed by atoms with E-state index < -0.39 is 0 Å². The van der Waals surface area contributed by atoms with Crippen LogP contribution in [0.5, 0.6) is 0 Å². The summed E-state index contributed by atoms with van der Waals surface area (Å²) in [7, 11) is 0. The van der Waals surface area contributed by atoms with Crippen molar-refractivity contribution in [1.82, 2.24) is 14.8 Å². The molecule has 1 aliphatic rings. The number of fused-ring (bicyclic) bond motifs is 1. The van der Waals surface area contributed by atoms with Crippen molar-refractivity contribution in [1.29, 1.82) is 5.26 Å². The Morgan fingerprint density at radius 2 is 2.24 bits per heavy atom. The summed E-state index contributed by atoms with van der Waals surface area (Å²) < 4.78 is 1.97. The minimum atomic E-state index is 0.0898. The number of nitrogens with zero attached hydrogens (tertiary/aromatic N) is 4. The van der Waals surface area contributed by atoms with Crippen LogP contribution in [0, 0.1) is 11.3 Å². The predicted octanol–water partition coefficient (Wildman–Crippen LogP) is 2.21. The van der Waals surface area contributed by atoms with Crippen LogP contribution in [0.4, 0.5) is 0 Å². The van der Waals surface area contributed by atoms with Crippen molar-refractivity contribution in [2.45, 2.75) is 45.6 Å². The number of aromatic nitrogens is 3. The lowest BCUT2D eigenvalue weighted by atomic mass is 10.2. The van der Waals surface area contributed by atoms with Crippen LogP contribution in [0.25, 0.3) is 5.57 Å². The molecule has 0 bridgehead atoms. The molecule has 0 spiro atoms. The molecule has 1 aromatic rings. The number of hydrogen-bond donors (Lipinski definition) is 1. The maximum atomic E-state index is 9.74. The minimum absolute atomic E-state index is 0.0898. The second kappa shape index (κ2) is 5.00. The molecule has 2 rings (SSSR count). The van der Waals surface area contributed by atoms with Gasteiger partial charge in [-0.05, 0) is 12.8 Å². The third-order valence-corrected chi connectivity index (χ3v) is 3.07. The highest BCUT2D eigenvalue weighted by Gasteiger charge is 2.19. The van der Waals surface area contributed by atoms with Crippen molar-refractivity contribution in [3.63, 3.8) is 0 Å². The quantitative estimate of drug-likeness (QED) is 0.626. The molecule has 90 valence electrons. The highest BCUT2D eigenvalue weighted by molar-refractivity contribution is 5.74. The molecular formula is C12H16N4O. The van der Waals surface area contributed by atoms with Crippen LogP contribution in [0.3, 0.4) is 0 Å². The van der Waals surface area contributed by atoms with E-state index in [0.717, 1.165) is 31.6 Å². The van der Waals surface area contributed by atoms with E-state index in [1.54, 1.807) is 0 Å². The van der Waals surface area contributed by atoms with Gasteiger partial charge in [-0.2, -0.15) is 5.26 Å². The second-order valence-electron chi connectivity index (χ2n) is 4.19. The first-order chi connectivity index (χ1) is 8.27. The van der Waals surface area contributed by atoms with Crippen LogP contribution >= 0.6 is 0 Å². The topological polar surface area (TPSA) is 74.7 Å². The molecule has 5 heteroatoms. The standard InChI is InChI=1S/C12H16N4O/c1-2-10(17)9(8-13)12-15-14-11-6-4-3-5-7-16(11)12/h17H,2-7H2,1H3/b10-9+. The molecule has 2 heterocycles. The third kappa shape index (κ3) is 2.16. The van der Waals surface area contributed by atoms with Crippen LogP contribution in [0.15, 0.2) is 5.76 Å². The average Bonchev–Trinajstić information content (AvgIpc) is 2.60. The third-order valence-electron chi connectivity index (χ3n) is 3.07. The molecule has 1 aliphatic heterocycles. The number of hydrogen-bond acceptors (Lipinski definition) is 4. The first-order valence-corrected chi connectivity index (χ1v) is 6.02. The van der Waals surface area contributed by atoms with Gasteiger partial charge in [-0.25, -0.2) is 0 Å². The summed E-state index contributed by atoms with van der Waals surface area (Å²) >= 11 is 0. The van der Waals surface area contributed by atoms with Crippen molar-refractivity contribution in [3.05, 3.63) is 17.4 Å². The summed E-state index contributed by atoms with van der Waals surface area (Å²) in [5.41, 5.74) is 0.258. The first-order valence-electron chi connectivity index (χ1n) is 6.02. The molecule has 0 atom stereocenters. The average molecular weight is 232 g/mol. The zero-order chi connectivity index (χ0) is 12.3. The van der Waals surface area contributed by atoms with E-state index in [0.29, 0.717) is 12.2 Å². The van der Waals surface area contributed by atoms with E-state index in [1.807, 2.05) is 17.6 Å². The van der Waals surface area contributed by atoms with Gasteiger partial charge in [-0.15, -0.1) is 10.2 Å². The first kappa shape index (κ1) is 11.6. The van der Waals surface area contributed by atoms with Crippen LogP contribution in [0.1, 0.15) is 44.3 Å². The Labute approximate surface area is 100 Å². The van der Waals surface area contributed by atoms with Gasteiger partial charge in [0.15, 0.2) is 5.82 Å². The fraction of sp³-hybridized carbons (Fsp3) is 0.583. The van der Waals surface area contributed by atoms with Crippen molar-refractivity contribution < 1.29 is 5.11 Å². The van der Waals surface area contributed by atoms with Crippen molar-refractivity contribution in [3.8, 4) is 6.07 Å². The van der Waals surface area contributed by atoms with Crippen LogP contribution < -0.4 is 0 Å². The molecule has 0 aromatic carbocycles. The van der Waals surface area contributed by atoms with Gasteiger partial charge in [0, 0.05) is 19.4 Å². The maximum absolute atomic E-state index is 9.74. The molecule has 0 radical (unpaired) electrons. The maximum Gasteiger partial charge on any atom is 0.178 e. The molecular weight excluding hydrogens is 216 g/mol. The van der Waals surface area contributed by atoms with Gasteiger partial charge >= 0.3 is 0 Å². The van der Waals surface area contributed by atoms with Gasteiger partial charge < -0.3 is 9.67 Å². The Balaban J connectivity index is 2.47. The number of aryl methyl sites for hydroxylation is 1. The molecule has 17 heavy (non-hydrogen) atoms. The van der Waals surface area contributed by atoms with E-state index in [9.17, 15) is 5.11 Å². The van der Waals surface area contributed by atoms with Gasteiger partial charge in [0.25, 0.3) is 0 Å². The molecule has 5 nitrogen and oxygen atoms in total. The number of aliphatic hydroxyl groups is 1. The largest absolute Gasteiger partial charge is 0.511 e. The van der Waals surface area contributed by atoms with Gasteiger partial charge in [0.05, 0.1) is 0 Å². The molecule has 0 fully saturated rings. The van der Waals surface area contributed by atoms with Gasteiger partial charge in [-0.3, -0.25) is 0 Å². The van der Waals surface area contributed by atoms with Gasteiger partial charge in [-0.1, -0.05) is 13.3 Å². The summed E-state index contributed by atoms with van der Waals surface area (Å²) in [6.07, 6.45) is 4.70.